The summed E-state index contributed by atoms with van der Waals surface area (Å²) in [5.41, 5.74) is 1.75. The Kier molecular flexibility index (Phi) is 3.04. The number of hydrogen-bond acceptors (Lipinski definition) is 4. The minimum atomic E-state index is -0.196. The predicted octanol–water partition coefficient (Wildman–Crippen LogP) is 2.21. The van der Waals surface area contributed by atoms with Gasteiger partial charge >= 0.3 is 0 Å². The van der Waals surface area contributed by atoms with Gasteiger partial charge in [-0.2, -0.15) is 5.10 Å². The molecule has 2 heterocycles. The molecule has 0 saturated carbocycles. The number of hydrogen-bond donors (Lipinski definition) is 3. The van der Waals surface area contributed by atoms with Crippen LogP contribution in [0.5, 0.6) is 0 Å². The molecule has 0 spiro atoms. The number of aromatic nitrogens is 4. The predicted molar refractivity (Wildman–Crippen MR) is 76.9 cm³/mol. The van der Waals surface area contributed by atoms with E-state index in [1.807, 2.05) is 36.4 Å². The van der Waals surface area contributed by atoms with Gasteiger partial charge in [-0.3, -0.25) is 9.89 Å². The third-order valence-electron chi connectivity index (χ3n) is 2.78. The van der Waals surface area contributed by atoms with E-state index < -0.39 is 0 Å². The summed E-state index contributed by atoms with van der Waals surface area (Å²) in [6.07, 6.45) is 0. The van der Waals surface area contributed by atoms with E-state index in [0.717, 1.165) is 11.3 Å². The van der Waals surface area contributed by atoms with E-state index in [4.69, 9.17) is 0 Å². The van der Waals surface area contributed by atoms with Gasteiger partial charge in [-0.05, 0) is 12.5 Å². The van der Waals surface area contributed by atoms with E-state index in [2.05, 4.69) is 25.5 Å². The Labute approximate surface area is 114 Å². The molecule has 20 heavy (non-hydrogen) atoms. The number of aryl methyl sites for hydroxylation is 1. The van der Waals surface area contributed by atoms with Gasteiger partial charge in [0, 0.05) is 12.1 Å². The van der Waals surface area contributed by atoms with Gasteiger partial charge in [-0.1, -0.05) is 30.3 Å². The molecule has 3 aromatic rings. The molecular formula is C14H13N5O. The van der Waals surface area contributed by atoms with Gasteiger partial charge in [0.1, 0.15) is 11.6 Å². The number of benzene rings is 1. The Hall–Kier alpha value is -2.89. The smallest absolute Gasteiger partial charge is 0.252 e. The molecule has 0 saturated heterocycles. The van der Waals surface area contributed by atoms with Gasteiger partial charge in [-0.15, -0.1) is 0 Å². The largest absolute Gasteiger partial charge is 0.323 e. The van der Waals surface area contributed by atoms with Crippen molar-refractivity contribution in [2.45, 2.75) is 6.92 Å². The van der Waals surface area contributed by atoms with E-state index >= 15 is 0 Å². The first-order chi connectivity index (χ1) is 9.70. The summed E-state index contributed by atoms with van der Waals surface area (Å²) in [4.78, 5) is 18.1. The summed E-state index contributed by atoms with van der Waals surface area (Å²) in [7, 11) is 0. The molecule has 1 aromatic carbocycles. The standard InChI is InChI=1S/C14H13N5O/c1-9-15-12(8-14(20)16-9)17-13-7-11(18-19-13)10-5-3-2-4-6-10/h2-8H,1H3,(H3,15,16,17,18,19,20). The van der Waals surface area contributed by atoms with Gasteiger partial charge in [0.2, 0.25) is 0 Å². The SMILES string of the molecule is Cc1nc(Nc2cc(-c3ccccc3)[nH]n2)cc(=O)[nH]1. The Bertz CT molecular complexity index is 776. The van der Waals surface area contributed by atoms with Crippen LogP contribution in [-0.4, -0.2) is 20.2 Å². The number of anilines is 2. The van der Waals surface area contributed by atoms with Crippen molar-refractivity contribution in [2.75, 3.05) is 5.32 Å². The normalized spacial score (nSPS) is 10.4. The van der Waals surface area contributed by atoms with Crippen molar-refractivity contribution in [3.63, 3.8) is 0 Å². The lowest BCUT2D eigenvalue weighted by Crippen LogP contribution is -2.09. The molecule has 0 aliphatic heterocycles. The molecule has 0 fully saturated rings. The van der Waals surface area contributed by atoms with Gasteiger partial charge in [-0.25, -0.2) is 4.98 Å². The van der Waals surface area contributed by atoms with E-state index in [-0.39, 0.29) is 5.56 Å². The molecule has 0 unspecified atom stereocenters. The lowest BCUT2D eigenvalue weighted by atomic mass is 10.2. The number of nitrogens with one attached hydrogen (secondary N) is 3. The van der Waals surface area contributed by atoms with Crippen molar-refractivity contribution in [3.05, 3.63) is 58.6 Å². The maximum absolute atomic E-state index is 11.4. The van der Waals surface area contributed by atoms with Gasteiger partial charge in [0.05, 0.1) is 5.69 Å². The third kappa shape index (κ3) is 2.59. The fourth-order valence-electron chi connectivity index (χ4n) is 1.93. The molecule has 3 rings (SSSR count). The minimum Gasteiger partial charge on any atom is -0.323 e. The highest BCUT2D eigenvalue weighted by Gasteiger charge is 2.05. The van der Waals surface area contributed by atoms with Crippen molar-refractivity contribution in [2.24, 2.45) is 0 Å². The second-order valence-electron chi connectivity index (χ2n) is 4.37. The molecular weight excluding hydrogens is 254 g/mol. The first kappa shape index (κ1) is 12.2. The van der Waals surface area contributed by atoms with Gasteiger partial charge in [0.15, 0.2) is 5.82 Å². The zero-order valence-corrected chi connectivity index (χ0v) is 10.8. The van der Waals surface area contributed by atoms with Gasteiger partial charge in [0.25, 0.3) is 5.56 Å². The van der Waals surface area contributed by atoms with Crippen LogP contribution in [0.25, 0.3) is 11.3 Å². The molecule has 100 valence electrons. The average molecular weight is 267 g/mol. The first-order valence-electron chi connectivity index (χ1n) is 6.16. The van der Waals surface area contributed by atoms with Crippen LogP contribution in [0.4, 0.5) is 11.6 Å². The van der Waals surface area contributed by atoms with E-state index in [1.165, 1.54) is 6.07 Å². The van der Waals surface area contributed by atoms with Gasteiger partial charge < -0.3 is 10.3 Å². The maximum Gasteiger partial charge on any atom is 0.252 e. The zero-order chi connectivity index (χ0) is 13.9. The van der Waals surface area contributed by atoms with Crippen LogP contribution in [-0.2, 0) is 0 Å². The summed E-state index contributed by atoms with van der Waals surface area (Å²) in [6, 6.07) is 13.1. The van der Waals surface area contributed by atoms with Crippen LogP contribution in [0.3, 0.4) is 0 Å². The van der Waals surface area contributed by atoms with Crippen LogP contribution >= 0.6 is 0 Å². The highest BCUT2D eigenvalue weighted by Crippen LogP contribution is 2.20. The van der Waals surface area contributed by atoms with Crippen molar-refractivity contribution >= 4 is 11.6 Å². The molecule has 6 heteroatoms. The summed E-state index contributed by atoms with van der Waals surface area (Å²) < 4.78 is 0. The zero-order valence-electron chi connectivity index (χ0n) is 10.8. The first-order valence-corrected chi connectivity index (χ1v) is 6.16. The third-order valence-corrected chi connectivity index (χ3v) is 2.78. The van der Waals surface area contributed by atoms with Crippen LogP contribution in [0.15, 0.2) is 47.3 Å². The molecule has 0 aliphatic rings. The second kappa shape index (κ2) is 5.00. The number of nitrogens with zero attached hydrogens (tertiary/aromatic N) is 2. The van der Waals surface area contributed by atoms with E-state index in [9.17, 15) is 4.79 Å². The average Bonchev–Trinajstić information content (AvgIpc) is 2.87. The minimum absolute atomic E-state index is 0.196. The Morgan fingerprint density at radius 3 is 2.65 bits per heavy atom. The van der Waals surface area contributed by atoms with Crippen LogP contribution < -0.4 is 10.9 Å². The van der Waals surface area contributed by atoms with Crippen LogP contribution in [0, 0.1) is 6.92 Å². The number of aromatic amines is 2. The molecule has 0 bridgehead atoms. The number of H-pyrrole nitrogens is 2. The lowest BCUT2D eigenvalue weighted by molar-refractivity contribution is 1.02. The molecule has 2 aromatic heterocycles. The van der Waals surface area contributed by atoms with Crippen LogP contribution in [0.2, 0.25) is 0 Å². The molecule has 0 atom stereocenters. The van der Waals surface area contributed by atoms with Crippen molar-refractivity contribution in [1.82, 2.24) is 20.2 Å². The quantitative estimate of drug-likeness (QED) is 0.679. The molecule has 0 radical (unpaired) electrons. The second-order valence-corrected chi connectivity index (χ2v) is 4.37. The van der Waals surface area contributed by atoms with Crippen molar-refractivity contribution in [1.29, 1.82) is 0 Å². The highest BCUT2D eigenvalue weighted by atomic mass is 16.1. The molecule has 0 aliphatic carbocycles. The summed E-state index contributed by atoms with van der Waals surface area (Å²) >= 11 is 0. The van der Waals surface area contributed by atoms with Crippen molar-refractivity contribution < 1.29 is 0 Å². The number of rotatable bonds is 3. The Balaban J connectivity index is 1.86. The monoisotopic (exact) mass is 267 g/mol. The summed E-state index contributed by atoms with van der Waals surface area (Å²) in [6.45, 7) is 1.73. The van der Waals surface area contributed by atoms with E-state index in [0.29, 0.717) is 17.5 Å². The highest BCUT2D eigenvalue weighted by molar-refractivity contribution is 5.64. The molecule has 0 amide bonds. The lowest BCUT2D eigenvalue weighted by Gasteiger charge is -2.01. The van der Waals surface area contributed by atoms with Crippen molar-refractivity contribution in [3.8, 4) is 11.3 Å². The summed E-state index contributed by atoms with van der Waals surface area (Å²) in [5, 5.41) is 10.1. The fraction of sp³-hybridized carbons (Fsp3) is 0.0714. The Morgan fingerprint density at radius 2 is 1.90 bits per heavy atom. The molecule has 6 nitrogen and oxygen atoms in total. The Morgan fingerprint density at radius 1 is 1.10 bits per heavy atom. The summed E-state index contributed by atoms with van der Waals surface area (Å²) in [5.74, 6) is 1.64. The maximum atomic E-state index is 11.4. The fourth-order valence-corrected chi connectivity index (χ4v) is 1.93. The topological polar surface area (TPSA) is 86.5 Å². The molecule has 3 N–H and O–H groups in total. The van der Waals surface area contributed by atoms with Crippen LogP contribution in [0.1, 0.15) is 5.82 Å². The van der Waals surface area contributed by atoms with E-state index in [1.54, 1.807) is 6.92 Å².